The molecule has 0 saturated carbocycles. The van der Waals surface area contributed by atoms with Crippen LogP contribution < -0.4 is 15.0 Å². The van der Waals surface area contributed by atoms with E-state index < -0.39 is 0 Å². The molecular formula is C25H27N7O3. The summed E-state index contributed by atoms with van der Waals surface area (Å²) in [5.41, 5.74) is 4.15. The Hall–Kier alpha value is -4.02. The third-order valence-electron chi connectivity index (χ3n) is 5.84. The summed E-state index contributed by atoms with van der Waals surface area (Å²) in [7, 11) is 3.50. The van der Waals surface area contributed by atoms with E-state index in [9.17, 15) is 5.11 Å². The van der Waals surface area contributed by atoms with Crippen LogP contribution in [0.15, 0.2) is 61.1 Å². The molecule has 180 valence electrons. The molecule has 10 heteroatoms. The van der Waals surface area contributed by atoms with Crippen molar-refractivity contribution in [2.45, 2.75) is 6.04 Å². The number of aliphatic hydroxyl groups is 1. The zero-order chi connectivity index (χ0) is 24.2. The van der Waals surface area contributed by atoms with Gasteiger partial charge in [-0.2, -0.15) is 10.1 Å². The Labute approximate surface area is 203 Å². The number of nitrogens with one attached hydrogen (secondary N) is 1. The number of aliphatic hydroxyl groups excluding tert-OH is 1. The van der Waals surface area contributed by atoms with Gasteiger partial charge < -0.3 is 24.8 Å². The van der Waals surface area contributed by atoms with Crippen molar-refractivity contribution in [2.24, 2.45) is 7.05 Å². The van der Waals surface area contributed by atoms with Crippen molar-refractivity contribution in [1.82, 2.24) is 24.7 Å². The smallest absolute Gasteiger partial charge is 0.228 e. The first-order chi connectivity index (χ1) is 17.2. The standard InChI is InChI=1S/C25H27N7O3/c1-31-11-8-21(30-31)17-4-3-5-18(14-17)22-23(34-2)24(27-19-6-9-26-10-7-19)29-25(28-22)32-12-13-35-16-20(32)15-33/h3-11,14,20,33H,12-13,15-16H2,1-2H3,(H,26,27,28,29)/t20-/m1/s1. The van der Waals surface area contributed by atoms with E-state index in [1.807, 2.05) is 60.6 Å². The maximum absolute atomic E-state index is 9.95. The Kier molecular flexibility index (Phi) is 6.55. The van der Waals surface area contributed by atoms with E-state index in [1.54, 1.807) is 24.2 Å². The number of rotatable bonds is 7. The van der Waals surface area contributed by atoms with Crippen LogP contribution >= 0.6 is 0 Å². The normalized spacial score (nSPS) is 15.7. The Morgan fingerprint density at radius 2 is 1.97 bits per heavy atom. The predicted molar refractivity (Wildman–Crippen MR) is 133 cm³/mol. The fourth-order valence-corrected chi connectivity index (χ4v) is 4.08. The molecule has 4 aromatic rings. The van der Waals surface area contributed by atoms with Crippen LogP contribution in [-0.4, -0.2) is 69.4 Å². The van der Waals surface area contributed by atoms with E-state index in [2.05, 4.69) is 15.4 Å². The van der Waals surface area contributed by atoms with Crippen molar-refractivity contribution in [3.8, 4) is 28.3 Å². The first-order valence-corrected chi connectivity index (χ1v) is 11.3. The van der Waals surface area contributed by atoms with Crippen molar-refractivity contribution in [3.05, 3.63) is 61.1 Å². The van der Waals surface area contributed by atoms with Crippen LogP contribution in [0.4, 0.5) is 17.5 Å². The number of anilines is 3. The molecular weight excluding hydrogens is 446 g/mol. The third kappa shape index (κ3) is 4.79. The maximum atomic E-state index is 9.95. The molecule has 1 aliphatic rings. The van der Waals surface area contributed by atoms with Crippen molar-refractivity contribution in [3.63, 3.8) is 0 Å². The summed E-state index contributed by atoms with van der Waals surface area (Å²) in [6.07, 6.45) is 5.32. The van der Waals surface area contributed by atoms with Crippen molar-refractivity contribution < 1.29 is 14.6 Å². The van der Waals surface area contributed by atoms with Crippen LogP contribution in [0.25, 0.3) is 22.5 Å². The van der Waals surface area contributed by atoms with Gasteiger partial charge in [-0.1, -0.05) is 18.2 Å². The summed E-state index contributed by atoms with van der Waals surface area (Å²) < 4.78 is 13.2. The largest absolute Gasteiger partial charge is 0.491 e. The number of hydrogen-bond donors (Lipinski definition) is 2. The number of aryl methyl sites for hydroxylation is 1. The molecule has 1 fully saturated rings. The first kappa shape index (κ1) is 22.8. The Balaban J connectivity index is 1.65. The molecule has 5 rings (SSSR count). The Morgan fingerprint density at radius 1 is 1.14 bits per heavy atom. The number of methoxy groups -OCH3 is 1. The lowest BCUT2D eigenvalue weighted by Crippen LogP contribution is -2.48. The lowest BCUT2D eigenvalue weighted by Gasteiger charge is -2.35. The molecule has 1 aliphatic heterocycles. The molecule has 1 atom stereocenters. The van der Waals surface area contributed by atoms with Gasteiger partial charge in [0.1, 0.15) is 5.69 Å². The number of morpholine rings is 1. The second-order valence-corrected chi connectivity index (χ2v) is 8.18. The summed E-state index contributed by atoms with van der Waals surface area (Å²) in [5, 5.41) is 17.8. The minimum absolute atomic E-state index is 0.0625. The van der Waals surface area contributed by atoms with E-state index in [4.69, 9.17) is 19.4 Å². The number of nitrogens with zero attached hydrogens (tertiary/aromatic N) is 6. The summed E-state index contributed by atoms with van der Waals surface area (Å²) in [4.78, 5) is 15.8. The van der Waals surface area contributed by atoms with E-state index in [-0.39, 0.29) is 12.6 Å². The first-order valence-electron chi connectivity index (χ1n) is 11.3. The van der Waals surface area contributed by atoms with Gasteiger partial charge in [-0.25, -0.2) is 4.98 Å². The number of ether oxygens (including phenoxy) is 2. The Morgan fingerprint density at radius 3 is 2.71 bits per heavy atom. The van der Waals surface area contributed by atoms with Gasteiger partial charge in [-0.15, -0.1) is 0 Å². The van der Waals surface area contributed by atoms with Gasteiger partial charge in [0.15, 0.2) is 11.6 Å². The second-order valence-electron chi connectivity index (χ2n) is 8.18. The summed E-state index contributed by atoms with van der Waals surface area (Å²) in [6.45, 7) is 1.44. The van der Waals surface area contributed by atoms with Crippen LogP contribution in [0, 0.1) is 0 Å². The van der Waals surface area contributed by atoms with Crippen molar-refractivity contribution in [2.75, 3.05) is 43.7 Å². The molecule has 0 radical (unpaired) electrons. The minimum Gasteiger partial charge on any atom is -0.491 e. The molecule has 0 aliphatic carbocycles. The van der Waals surface area contributed by atoms with Gasteiger partial charge in [0.05, 0.1) is 38.7 Å². The molecule has 2 N–H and O–H groups in total. The quantitative estimate of drug-likeness (QED) is 0.419. The highest BCUT2D eigenvalue weighted by Crippen LogP contribution is 2.38. The van der Waals surface area contributed by atoms with Gasteiger partial charge >= 0.3 is 0 Å². The molecule has 0 bridgehead atoms. The van der Waals surface area contributed by atoms with Crippen molar-refractivity contribution in [1.29, 1.82) is 0 Å². The number of aromatic nitrogens is 5. The molecule has 10 nitrogen and oxygen atoms in total. The molecule has 1 aromatic carbocycles. The van der Waals surface area contributed by atoms with Gasteiger partial charge in [-0.3, -0.25) is 9.67 Å². The zero-order valence-electron chi connectivity index (χ0n) is 19.6. The van der Waals surface area contributed by atoms with Crippen molar-refractivity contribution >= 4 is 17.5 Å². The molecule has 1 saturated heterocycles. The predicted octanol–water partition coefficient (Wildman–Crippen LogP) is 2.89. The van der Waals surface area contributed by atoms with Crippen LogP contribution in [-0.2, 0) is 11.8 Å². The molecule has 4 heterocycles. The van der Waals surface area contributed by atoms with E-state index >= 15 is 0 Å². The SMILES string of the molecule is COc1c(Nc2ccncc2)nc(N2CCOC[C@H]2CO)nc1-c1cccc(-c2ccn(C)n2)c1. The summed E-state index contributed by atoms with van der Waals surface area (Å²) in [6, 6.07) is 13.5. The van der Waals surface area contributed by atoms with Crippen LogP contribution in [0.2, 0.25) is 0 Å². The van der Waals surface area contributed by atoms with Gasteiger partial charge in [-0.05, 0) is 24.3 Å². The van der Waals surface area contributed by atoms with Crippen LogP contribution in [0.1, 0.15) is 0 Å². The summed E-state index contributed by atoms with van der Waals surface area (Å²) >= 11 is 0. The molecule has 3 aromatic heterocycles. The molecule has 35 heavy (non-hydrogen) atoms. The maximum Gasteiger partial charge on any atom is 0.228 e. The number of hydrogen-bond acceptors (Lipinski definition) is 9. The van der Waals surface area contributed by atoms with Gasteiger partial charge in [0.25, 0.3) is 0 Å². The fourth-order valence-electron chi connectivity index (χ4n) is 4.08. The zero-order valence-corrected chi connectivity index (χ0v) is 19.6. The number of benzene rings is 1. The van der Waals surface area contributed by atoms with E-state index in [0.717, 1.165) is 22.5 Å². The third-order valence-corrected chi connectivity index (χ3v) is 5.84. The highest BCUT2D eigenvalue weighted by Gasteiger charge is 2.27. The van der Waals surface area contributed by atoms with Crippen LogP contribution in [0.5, 0.6) is 5.75 Å². The monoisotopic (exact) mass is 473 g/mol. The Bertz CT molecular complexity index is 1300. The lowest BCUT2D eigenvalue weighted by molar-refractivity contribution is 0.0718. The highest BCUT2D eigenvalue weighted by molar-refractivity contribution is 5.79. The number of pyridine rings is 1. The average Bonchev–Trinajstić information content (AvgIpc) is 3.35. The summed E-state index contributed by atoms with van der Waals surface area (Å²) in [5.74, 6) is 1.52. The minimum atomic E-state index is -0.237. The average molecular weight is 474 g/mol. The van der Waals surface area contributed by atoms with Crippen LogP contribution in [0.3, 0.4) is 0 Å². The van der Waals surface area contributed by atoms with Gasteiger partial charge in [0.2, 0.25) is 5.95 Å². The fraction of sp³-hybridized carbons (Fsp3) is 0.280. The van der Waals surface area contributed by atoms with Gasteiger partial charge in [0, 0.05) is 49.0 Å². The van der Waals surface area contributed by atoms with E-state index in [0.29, 0.717) is 43.0 Å². The van der Waals surface area contributed by atoms with E-state index in [1.165, 1.54) is 0 Å². The highest BCUT2D eigenvalue weighted by atomic mass is 16.5. The molecule has 0 spiro atoms. The second kappa shape index (κ2) is 10.1. The molecule has 0 unspecified atom stereocenters. The molecule has 0 amide bonds. The topological polar surface area (TPSA) is 110 Å². The lowest BCUT2D eigenvalue weighted by atomic mass is 10.0.